The molecule has 0 saturated heterocycles. The van der Waals surface area contributed by atoms with Gasteiger partial charge in [-0.3, -0.25) is 4.79 Å². The Kier molecular flexibility index (Phi) is 10.1. The number of hydrogen-bond acceptors (Lipinski definition) is 3. The lowest BCUT2D eigenvalue weighted by molar-refractivity contribution is -0.191. The Morgan fingerprint density at radius 3 is 2.02 bits per heavy atom. The Bertz CT molecular complexity index is 1730. The minimum atomic E-state index is -0.0480. The van der Waals surface area contributed by atoms with Crippen molar-refractivity contribution < 1.29 is 14.4 Å². The molecule has 1 aromatic heterocycles. The predicted octanol–water partition coefficient (Wildman–Crippen LogP) is 8.64. The van der Waals surface area contributed by atoms with E-state index in [9.17, 15) is 4.79 Å². The van der Waals surface area contributed by atoms with Gasteiger partial charge in [-0.2, -0.15) is 9.59 Å². The van der Waals surface area contributed by atoms with Crippen molar-refractivity contribution in [2.45, 2.75) is 60.0 Å². The molecule has 1 atom stereocenters. The molecule has 0 aliphatic carbocycles. The van der Waals surface area contributed by atoms with Crippen molar-refractivity contribution in [3.05, 3.63) is 131 Å². The Hall–Kier alpha value is -4.73. The molecule has 0 aliphatic rings. The van der Waals surface area contributed by atoms with E-state index in [1.54, 1.807) is 0 Å². The second-order valence-corrected chi connectivity index (χ2v) is 11.7. The van der Waals surface area contributed by atoms with Crippen molar-refractivity contribution in [1.82, 2.24) is 9.88 Å². The van der Waals surface area contributed by atoms with Crippen LogP contribution in [0.15, 0.2) is 97.1 Å². The van der Waals surface area contributed by atoms with E-state index in [0.717, 1.165) is 23.0 Å². The largest absolute Gasteiger partial charge is 0.373 e. The fourth-order valence-corrected chi connectivity index (χ4v) is 5.58. The summed E-state index contributed by atoms with van der Waals surface area (Å²) in [6, 6.07) is 34.0. The van der Waals surface area contributed by atoms with Gasteiger partial charge in [-0.25, -0.2) is 0 Å². The summed E-state index contributed by atoms with van der Waals surface area (Å²) >= 11 is 0. The molecule has 1 N–H and O–H groups in total. The first-order valence-corrected chi connectivity index (χ1v) is 14.8. The standard InChI is InChI=1S/C37H40N2O.CO2/c1-24(2)31-13-10-14-32(21-31)36(25(3)4)38-37(40)33-19-20-35-34(22-33)26(5)27(6)39(35)23-28-15-17-30(18-16-28)29-11-8-7-9-12-29;2-1-3/h7-22,24-25,36H,23H2,1-6H3,(H,38,40);/t36-;/m0./s1. The van der Waals surface area contributed by atoms with Crippen molar-refractivity contribution in [2.75, 3.05) is 0 Å². The molecule has 5 nitrogen and oxygen atoms in total. The number of carbonyl (C=O) groups is 1. The summed E-state index contributed by atoms with van der Waals surface area (Å²) in [4.78, 5) is 29.8. The lowest BCUT2D eigenvalue weighted by Gasteiger charge is -2.24. The monoisotopic (exact) mass is 572 g/mol. The van der Waals surface area contributed by atoms with Crippen LogP contribution < -0.4 is 5.32 Å². The van der Waals surface area contributed by atoms with Gasteiger partial charge in [0.1, 0.15) is 0 Å². The van der Waals surface area contributed by atoms with Gasteiger partial charge in [0, 0.05) is 28.7 Å². The highest BCUT2D eigenvalue weighted by molar-refractivity contribution is 5.99. The van der Waals surface area contributed by atoms with E-state index in [-0.39, 0.29) is 24.0 Å². The minimum Gasteiger partial charge on any atom is -0.345 e. The van der Waals surface area contributed by atoms with E-state index < -0.39 is 0 Å². The summed E-state index contributed by atoms with van der Waals surface area (Å²) in [6.45, 7) is 13.8. The maximum atomic E-state index is 13.5. The zero-order valence-electron chi connectivity index (χ0n) is 25.8. The molecule has 0 fully saturated rings. The number of aryl methyl sites for hydroxylation is 1. The van der Waals surface area contributed by atoms with Crippen LogP contribution in [0.4, 0.5) is 0 Å². The fraction of sp³-hybridized carbons (Fsp3) is 0.263. The number of aromatic nitrogens is 1. The predicted molar refractivity (Wildman–Crippen MR) is 173 cm³/mol. The average Bonchev–Trinajstić information content (AvgIpc) is 3.25. The number of nitrogens with zero attached hydrogens (tertiary/aromatic N) is 1. The Morgan fingerprint density at radius 2 is 1.40 bits per heavy atom. The van der Waals surface area contributed by atoms with Gasteiger partial charge >= 0.3 is 6.15 Å². The van der Waals surface area contributed by atoms with Crippen molar-refractivity contribution in [3.63, 3.8) is 0 Å². The molecule has 43 heavy (non-hydrogen) atoms. The molecule has 4 aromatic carbocycles. The summed E-state index contributed by atoms with van der Waals surface area (Å²) in [5.41, 5.74) is 10.5. The van der Waals surface area contributed by atoms with Crippen LogP contribution in [0.1, 0.15) is 78.0 Å². The third-order valence-electron chi connectivity index (χ3n) is 8.19. The summed E-state index contributed by atoms with van der Waals surface area (Å²) in [6.07, 6.45) is 0.250. The first-order valence-electron chi connectivity index (χ1n) is 14.8. The van der Waals surface area contributed by atoms with Crippen LogP contribution >= 0.6 is 0 Å². The first-order chi connectivity index (χ1) is 20.6. The molecule has 0 spiro atoms. The third-order valence-corrected chi connectivity index (χ3v) is 8.19. The number of rotatable bonds is 8. The molecule has 0 aliphatic heterocycles. The van der Waals surface area contributed by atoms with Gasteiger partial charge in [0.25, 0.3) is 5.91 Å². The number of fused-ring (bicyclic) bond motifs is 1. The normalized spacial score (nSPS) is 11.6. The Balaban J connectivity index is 0.00000135. The second-order valence-electron chi connectivity index (χ2n) is 11.7. The topological polar surface area (TPSA) is 68.2 Å². The molecule has 1 amide bonds. The molecule has 5 aromatic rings. The van der Waals surface area contributed by atoms with E-state index in [4.69, 9.17) is 9.59 Å². The van der Waals surface area contributed by atoms with Gasteiger partial charge < -0.3 is 9.88 Å². The zero-order valence-corrected chi connectivity index (χ0v) is 25.8. The molecular weight excluding hydrogens is 532 g/mol. The number of amides is 1. The van der Waals surface area contributed by atoms with E-state index in [1.807, 2.05) is 12.1 Å². The Morgan fingerprint density at radius 1 is 0.767 bits per heavy atom. The molecule has 0 saturated carbocycles. The molecule has 0 unspecified atom stereocenters. The molecule has 5 rings (SSSR count). The van der Waals surface area contributed by atoms with Crippen molar-refractivity contribution in [1.29, 1.82) is 0 Å². The van der Waals surface area contributed by atoms with Crippen LogP contribution in [0.3, 0.4) is 0 Å². The summed E-state index contributed by atoms with van der Waals surface area (Å²) in [5, 5.41) is 4.47. The highest BCUT2D eigenvalue weighted by Gasteiger charge is 2.21. The SMILES string of the molecule is Cc1c(C)n(Cc2ccc(-c3ccccc3)cc2)c2ccc(C(=O)N[C@H](c3cccc(C(C)C)c3)C(C)C)cc12.O=C=O. The van der Waals surface area contributed by atoms with Crippen molar-refractivity contribution in [3.8, 4) is 11.1 Å². The van der Waals surface area contributed by atoms with E-state index >= 15 is 0 Å². The minimum absolute atomic E-state index is 0.0307. The van der Waals surface area contributed by atoms with E-state index in [1.165, 1.54) is 33.5 Å². The summed E-state index contributed by atoms with van der Waals surface area (Å²) in [7, 11) is 0. The van der Waals surface area contributed by atoms with Gasteiger partial charge in [0.15, 0.2) is 0 Å². The van der Waals surface area contributed by atoms with E-state index in [0.29, 0.717) is 11.5 Å². The maximum Gasteiger partial charge on any atom is 0.373 e. The van der Waals surface area contributed by atoms with Crippen molar-refractivity contribution in [2.24, 2.45) is 5.92 Å². The van der Waals surface area contributed by atoms with Crippen LogP contribution in [-0.2, 0) is 16.1 Å². The lowest BCUT2D eigenvalue weighted by Crippen LogP contribution is -2.31. The summed E-state index contributed by atoms with van der Waals surface area (Å²) < 4.78 is 2.36. The van der Waals surface area contributed by atoms with Crippen LogP contribution in [-0.4, -0.2) is 16.6 Å². The fourth-order valence-electron chi connectivity index (χ4n) is 5.58. The highest BCUT2D eigenvalue weighted by atomic mass is 16.2. The number of hydrogen-bond donors (Lipinski definition) is 1. The first kappa shape index (κ1) is 31.2. The van der Waals surface area contributed by atoms with Gasteiger partial charge in [-0.15, -0.1) is 0 Å². The molecule has 0 radical (unpaired) electrons. The molecular formula is C38H40N2O3. The zero-order chi connectivity index (χ0) is 31.1. The number of nitrogens with one attached hydrogen (secondary N) is 1. The van der Waals surface area contributed by atoms with E-state index in [2.05, 4.69) is 136 Å². The van der Waals surface area contributed by atoms with Crippen LogP contribution in [0.2, 0.25) is 0 Å². The Labute approximate surface area is 254 Å². The third kappa shape index (κ3) is 7.20. The van der Waals surface area contributed by atoms with Crippen LogP contribution in [0.25, 0.3) is 22.0 Å². The van der Waals surface area contributed by atoms with Gasteiger partial charge in [0.2, 0.25) is 0 Å². The molecule has 0 bridgehead atoms. The van der Waals surface area contributed by atoms with Crippen molar-refractivity contribution >= 4 is 23.0 Å². The lowest BCUT2D eigenvalue weighted by atomic mass is 9.92. The second kappa shape index (κ2) is 14.0. The van der Waals surface area contributed by atoms with Crippen LogP contribution in [0.5, 0.6) is 0 Å². The van der Waals surface area contributed by atoms with Gasteiger partial charge in [-0.05, 0) is 77.3 Å². The molecule has 220 valence electrons. The maximum absolute atomic E-state index is 13.5. The summed E-state index contributed by atoms with van der Waals surface area (Å²) in [5.74, 6) is 0.688. The molecule has 1 heterocycles. The number of carbonyl (C=O) groups excluding carboxylic acids is 3. The highest BCUT2D eigenvalue weighted by Crippen LogP contribution is 2.29. The molecule has 5 heteroatoms. The van der Waals surface area contributed by atoms with Gasteiger partial charge in [-0.1, -0.05) is 107 Å². The van der Waals surface area contributed by atoms with Crippen LogP contribution in [0, 0.1) is 19.8 Å². The number of benzene rings is 4. The van der Waals surface area contributed by atoms with Gasteiger partial charge in [0.05, 0.1) is 6.04 Å². The quantitative estimate of drug-likeness (QED) is 0.202. The average molecular weight is 573 g/mol. The smallest absolute Gasteiger partial charge is 0.345 e.